The SMILES string of the molecule is CCc1cccc(OC2=CC(=O)c3ccccc3C2=O)c1. The lowest BCUT2D eigenvalue weighted by molar-refractivity contribution is 0.0947. The van der Waals surface area contributed by atoms with Crippen LogP contribution in [0.25, 0.3) is 0 Å². The van der Waals surface area contributed by atoms with Gasteiger partial charge in [-0.3, -0.25) is 9.59 Å². The number of hydrogen-bond donors (Lipinski definition) is 0. The van der Waals surface area contributed by atoms with Crippen LogP contribution >= 0.6 is 0 Å². The molecule has 0 spiro atoms. The molecule has 0 amide bonds. The summed E-state index contributed by atoms with van der Waals surface area (Å²) in [5.74, 6) is 0.187. The third kappa shape index (κ3) is 2.50. The minimum Gasteiger partial charge on any atom is -0.453 e. The third-order valence-corrected chi connectivity index (χ3v) is 3.46. The molecule has 1 aliphatic rings. The van der Waals surface area contributed by atoms with Crippen LogP contribution in [0.3, 0.4) is 0 Å². The van der Waals surface area contributed by atoms with E-state index in [0.717, 1.165) is 12.0 Å². The summed E-state index contributed by atoms with van der Waals surface area (Å²) in [6.07, 6.45) is 2.15. The molecule has 0 atom stereocenters. The molecule has 104 valence electrons. The molecule has 0 N–H and O–H groups in total. The van der Waals surface area contributed by atoms with E-state index in [9.17, 15) is 9.59 Å². The van der Waals surface area contributed by atoms with Gasteiger partial charge in [0, 0.05) is 17.2 Å². The molecule has 0 radical (unpaired) electrons. The summed E-state index contributed by atoms with van der Waals surface area (Å²) in [6, 6.07) is 14.3. The van der Waals surface area contributed by atoms with Crippen LogP contribution in [0, 0.1) is 0 Å². The van der Waals surface area contributed by atoms with Gasteiger partial charge < -0.3 is 4.74 Å². The summed E-state index contributed by atoms with van der Waals surface area (Å²) in [4.78, 5) is 24.4. The molecule has 0 heterocycles. The van der Waals surface area contributed by atoms with Gasteiger partial charge in [-0.15, -0.1) is 0 Å². The molecule has 0 saturated heterocycles. The number of ether oxygens (including phenoxy) is 1. The Morgan fingerprint density at radius 2 is 1.71 bits per heavy atom. The average molecular weight is 278 g/mol. The Labute approximate surface area is 122 Å². The number of benzene rings is 2. The van der Waals surface area contributed by atoms with Crippen molar-refractivity contribution >= 4 is 11.6 Å². The number of carbonyl (C=O) groups excluding carboxylic acids is 2. The van der Waals surface area contributed by atoms with Crippen molar-refractivity contribution in [3.05, 3.63) is 77.1 Å². The lowest BCUT2D eigenvalue weighted by Gasteiger charge is -2.15. The summed E-state index contributed by atoms with van der Waals surface area (Å²) >= 11 is 0. The number of allylic oxidation sites excluding steroid dienone is 2. The van der Waals surface area contributed by atoms with Gasteiger partial charge in [0.25, 0.3) is 0 Å². The molecule has 2 aromatic rings. The third-order valence-electron chi connectivity index (χ3n) is 3.46. The van der Waals surface area contributed by atoms with Crippen LogP contribution in [0.1, 0.15) is 33.2 Å². The summed E-state index contributed by atoms with van der Waals surface area (Å²) in [5, 5.41) is 0. The molecule has 21 heavy (non-hydrogen) atoms. The second-order valence-corrected chi connectivity index (χ2v) is 4.85. The summed E-state index contributed by atoms with van der Waals surface area (Å²) in [6.45, 7) is 2.05. The topological polar surface area (TPSA) is 43.4 Å². The summed E-state index contributed by atoms with van der Waals surface area (Å²) < 4.78 is 5.63. The Kier molecular flexibility index (Phi) is 3.40. The molecule has 0 aliphatic heterocycles. The fraction of sp³-hybridized carbons (Fsp3) is 0.111. The van der Waals surface area contributed by atoms with E-state index in [4.69, 9.17) is 4.74 Å². The number of Topliss-reactive ketones (excluding diaryl/α,β-unsaturated/α-hetero) is 1. The van der Waals surface area contributed by atoms with Gasteiger partial charge in [0.15, 0.2) is 11.5 Å². The van der Waals surface area contributed by atoms with Gasteiger partial charge in [-0.25, -0.2) is 0 Å². The smallest absolute Gasteiger partial charge is 0.229 e. The van der Waals surface area contributed by atoms with E-state index < -0.39 is 0 Å². The molecule has 0 aromatic heterocycles. The Morgan fingerprint density at radius 3 is 2.48 bits per heavy atom. The van der Waals surface area contributed by atoms with Crippen LogP contribution in [0.15, 0.2) is 60.4 Å². The van der Waals surface area contributed by atoms with Crippen molar-refractivity contribution in [2.75, 3.05) is 0 Å². The van der Waals surface area contributed by atoms with E-state index in [1.54, 1.807) is 30.3 Å². The molecule has 0 bridgehead atoms. The quantitative estimate of drug-likeness (QED) is 0.861. The largest absolute Gasteiger partial charge is 0.453 e. The zero-order chi connectivity index (χ0) is 14.8. The molecule has 3 heteroatoms. The monoisotopic (exact) mass is 278 g/mol. The van der Waals surface area contributed by atoms with Crippen LogP contribution in [0.4, 0.5) is 0 Å². The highest BCUT2D eigenvalue weighted by atomic mass is 16.5. The van der Waals surface area contributed by atoms with Gasteiger partial charge in [-0.05, 0) is 24.1 Å². The minimum atomic E-state index is -0.257. The first kappa shape index (κ1) is 13.3. The molecular formula is C18H14O3. The van der Waals surface area contributed by atoms with Gasteiger partial charge in [0.1, 0.15) is 5.75 Å². The van der Waals surface area contributed by atoms with E-state index in [1.165, 1.54) is 6.08 Å². The standard InChI is InChI=1S/C18H14O3/c1-2-12-6-5-7-13(10-12)21-17-11-16(19)14-8-3-4-9-15(14)18(17)20/h3-11H,2H2,1H3. The Bertz CT molecular complexity index is 757. The number of rotatable bonds is 3. The number of ketones is 2. The maximum atomic E-state index is 12.4. The fourth-order valence-corrected chi connectivity index (χ4v) is 2.32. The lowest BCUT2D eigenvalue weighted by atomic mass is 9.94. The molecule has 2 aromatic carbocycles. The zero-order valence-electron chi connectivity index (χ0n) is 11.6. The second kappa shape index (κ2) is 5.37. The average Bonchev–Trinajstić information content (AvgIpc) is 2.52. The maximum Gasteiger partial charge on any atom is 0.229 e. The highest BCUT2D eigenvalue weighted by Gasteiger charge is 2.26. The van der Waals surface area contributed by atoms with Crippen LogP contribution in [0.5, 0.6) is 5.75 Å². The predicted molar refractivity (Wildman–Crippen MR) is 79.6 cm³/mol. The molecule has 0 saturated carbocycles. The van der Waals surface area contributed by atoms with Crippen molar-refractivity contribution in [2.24, 2.45) is 0 Å². The molecule has 3 rings (SSSR count). The van der Waals surface area contributed by atoms with Crippen molar-refractivity contribution in [3.8, 4) is 5.75 Å². The van der Waals surface area contributed by atoms with E-state index in [1.807, 2.05) is 25.1 Å². The van der Waals surface area contributed by atoms with E-state index in [-0.39, 0.29) is 17.3 Å². The van der Waals surface area contributed by atoms with Gasteiger partial charge in [-0.1, -0.05) is 43.3 Å². The van der Waals surface area contributed by atoms with E-state index >= 15 is 0 Å². The fourth-order valence-electron chi connectivity index (χ4n) is 2.32. The van der Waals surface area contributed by atoms with Gasteiger partial charge in [0.05, 0.1) is 0 Å². The van der Waals surface area contributed by atoms with Gasteiger partial charge in [0.2, 0.25) is 5.78 Å². The predicted octanol–water partition coefficient (Wildman–Crippen LogP) is 3.59. The second-order valence-electron chi connectivity index (χ2n) is 4.85. The van der Waals surface area contributed by atoms with Gasteiger partial charge >= 0.3 is 0 Å². The normalized spacial score (nSPS) is 13.7. The molecule has 0 unspecified atom stereocenters. The highest BCUT2D eigenvalue weighted by molar-refractivity contribution is 6.23. The lowest BCUT2D eigenvalue weighted by Crippen LogP contribution is -2.20. The van der Waals surface area contributed by atoms with Gasteiger partial charge in [-0.2, -0.15) is 0 Å². The summed E-state index contributed by atoms with van der Waals surface area (Å²) in [7, 11) is 0. The van der Waals surface area contributed by atoms with E-state index in [2.05, 4.69) is 0 Å². The first-order chi connectivity index (χ1) is 10.2. The van der Waals surface area contributed by atoms with Crippen molar-refractivity contribution in [2.45, 2.75) is 13.3 Å². The molecule has 3 nitrogen and oxygen atoms in total. The maximum absolute atomic E-state index is 12.4. The van der Waals surface area contributed by atoms with Crippen LogP contribution in [0.2, 0.25) is 0 Å². The zero-order valence-corrected chi connectivity index (χ0v) is 11.6. The molecule has 1 aliphatic carbocycles. The Balaban J connectivity index is 1.93. The molecular weight excluding hydrogens is 264 g/mol. The number of carbonyl (C=O) groups is 2. The van der Waals surface area contributed by atoms with E-state index in [0.29, 0.717) is 16.9 Å². The molecule has 0 fully saturated rings. The highest BCUT2D eigenvalue weighted by Crippen LogP contribution is 2.24. The number of fused-ring (bicyclic) bond motifs is 1. The van der Waals surface area contributed by atoms with Crippen molar-refractivity contribution in [1.29, 1.82) is 0 Å². The van der Waals surface area contributed by atoms with Crippen LogP contribution < -0.4 is 4.74 Å². The summed E-state index contributed by atoms with van der Waals surface area (Å²) in [5.41, 5.74) is 1.94. The first-order valence-electron chi connectivity index (χ1n) is 6.85. The number of hydrogen-bond acceptors (Lipinski definition) is 3. The minimum absolute atomic E-state index is 0.0759. The Hall–Kier alpha value is -2.68. The Morgan fingerprint density at radius 1 is 0.952 bits per heavy atom. The number of aryl methyl sites for hydroxylation is 1. The van der Waals surface area contributed by atoms with Crippen LogP contribution in [-0.4, -0.2) is 11.6 Å². The van der Waals surface area contributed by atoms with Crippen molar-refractivity contribution in [3.63, 3.8) is 0 Å². The van der Waals surface area contributed by atoms with Crippen LogP contribution in [-0.2, 0) is 6.42 Å². The van der Waals surface area contributed by atoms with Crippen molar-refractivity contribution in [1.82, 2.24) is 0 Å². The van der Waals surface area contributed by atoms with Crippen molar-refractivity contribution < 1.29 is 14.3 Å². The first-order valence-corrected chi connectivity index (χ1v) is 6.85.